The molecule has 0 saturated heterocycles. The van der Waals surface area contributed by atoms with E-state index in [-0.39, 0.29) is 24.8 Å². The standard InChI is InChI=1S/C17H23NO4.CH2O2/c18-11-13-1-6-14(7-2-13)17(21)22-15-8-3-12(4-9-15)5-10-16(19)20;2-1-3/h3-4,8-9,13-14H,1-2,5-7,10-11,18H2,(H,19,20);1H,(H,2,3). The lowest BCUT2D eigenvalue weighted by Crippen LogP contribution is -2.28. The van der Waals surface area contributed by atoms with E-state index in [2.05, 4.69) is 0 Å². The van der Waals surface area contributed by atoms with Gasteiger partial charge in [0, 0.05) is 6.42 Å². The Morgan fingerprint density at radius 3 is 2.20 bits per heavy atom. The molecule has 4 N–H and O–H groups in total. The third-order valence-electron chi connectivity index (χ3n) is 4.28. The smallest absolute Gasteiger partial charge is 0.314 e. The van der Waals surface area contributed by atoms with Gasteiger partial charge in [0.1, 0.15) is 5.75 Å². The first-order valence-corrected chi connectivity index (χ1v) is 8.30. The number of esters is 1. The number of carbonyl (C=O) groups is 3. The van der Waals surface area contributed by atoms with Gasteiger partial charge in [-0.1, -0.05) is 12.1 Å². The van der Waals surface area contributed by atoms with Crippen LogP contribution in [0.15, 0.2) is 24.3 Å². The summed E-state index contributed by atoms with van der Waals surface area (Å²) in [6, 6.07) is 7.05. The van der Waals surface area contributed by atoms with Gasteiger partial charge >= 0.3 is 11.9 Å². The molecule has 25 heavy (non-hydrogen) atoms. The number of ether oxygens (including phenoxy) is 1. The van der Waals surface area contributed by atoms with E-state index in [4.69, 9.17) is 25.5 Å². The molecule has 7 nitrogen and oxygen atoms in total. The van der Waals surface area contributed by atoms with E-state index >= 15 is 0 Å². The number of carbonyl (C=O) groups excluding carboxylic acids is 1. The van der Waals surface area contributed by atoms with E-state index < -0.39 is 5.97 Å². The minimum Gasteiger partial charge on any atom is -0.483 e. The fourth-order valence-corrected chi connectivity index (χ4v) is 2.81. The van der Waals surface area contributed by atoms with Gasteiger partial charge in [0.15, 0.2) is 0 Å². The van der Waals surface area contributed by atoms with Crippen LogP contribution in [0.5, 0.6) is 5.75 Å². The highest BCUT2D eigenvalue weighted by atomic mass is 16.5. The van der Waals surface area contributed by atoms with Crippen molar-refractivity contribution in [1.29, 1.82) is 0 Å². The van der Waals surface area contributed by atoms with Crippen LogP contribution in [0, 0.1) is 11.8 Å². The number of rotatable bonds is 6. The van der Waals surface area contributed by atoms with Crippen LogP contribution in [-0.2, 0) is 20.8 Å². The second-order valence-electron chi connectivity index (χ2n) is 6.02. The van der Waals surface area contributed by atoms with Crippen LogP contribution in [0.25, 0.3) is 0 Å². The Morgan fingerprint density at radius 1 is 1.16 bits per heavy atom. The number of hydrogen-bond donors (Lipinski definition) is 3. The van der Waals surface area contributed by atoms with Crippen LogP contribution in [0.2, 0.25) is 0 Å². The Bertz CT molecular complexity index is 549. The van der Waals surface area contributed by atoms with Crippen molar-refractivity contribution in [3.8, 4) is 5.75 Å². The van der Waals surface area contributed by atoms with Crippen molar-refractivity contribution in [3.05, 3.63) is 29.8 Å². The van der Waals surface area contributed by atoms with Crippen LogP contribution in [0.1, 0.15) is 37.7 Å². The van der Waals surface area contributed by atoms with Crippen molar-refractivity contribution >= 4 is 18.4 Å². The van der Waals surface area contributed by atoms with Gasteiger partial charge in [-0.25, -0.2) is 0 Å². The molecule has 0 unspecified atom stereocenters. The second-order valence-corrected chi connectivity index (χ2v) is 6.02. The number of carboxylic acids is 1. The quantitative estimate of drug-likeness (QED) is 0.407. The molecule has 0 amide bonds. The number of carboxylic acid groups (broad SMARTS) is 2. The van der Waals surface area contributed by atoms with Crippen molar-refractivity contribution < 1.29 is 29.3 Å². The lowest BCUT2D eigenvalue weighted by atomic mass is 9.82. The van der Waals surface area contributed by atoms with E-state index in [1.807, 2.05) is 0 Å². The molecule has 0 heterocycles. The summed E-state index contributed by atoms with van der Waals surface area (Å²) in [5.41, 5.74) is 6.57. The zero-order valence-electron chi connectivity index (χ0n) is 14.1. The molecule has 7 heteroatoms. The summed E-state index contributed by atoms with van der Waals surface area (Å²) in [5.74, 6) is 0.0365. The van der Waals surface area contributed by atoms with Crippen LogP contribution >= 0.6 is 0 Å². The van der Waals surface area contributed by atoms with Gasteiger partial charge in [-0.3, -0.25) is 14.4 Å². The first-order chi connectivity index (χ1) is 12.0. The number of aryl methyl sites for hydroxylation is 1. The molecule has 0 aliphatic heterocycles. The summed E-state index contributed by atoms with van der Waals surface area (Å²) >= 11 is 0. The van der Waals surface area contributed by atoms with Gasteiger partial charge in [-0.15, -0.1) is 0 Å². The van der Waals surface area contributed by atoms with Crippen LogP contribution in [0.4, 0.5) is 0 Å². The molecule has 0 atom stereocenters. The predicted octanol–water partition coefficient (Wildman–Crippen LogP) is 2.08. The molecule has 0 radical (unpaired) electrons. The summed E-state index contributed by atoms with van der Waals surface area (Å²) in [6.45, 7) is 0.444. The molecule has 0 bridgehead atoms. The number of aliphatic carboxylic acids is 1. The van der Waals surface area contributed by atoms with E-state index in [0.29, 0.717) is 24.6 Å². The first-order valence-electron chi connectivity index (χ1n) is 8.30. The number of benzene rings is 1. The fourth-order valence-electron chi connectivity index (χ4n) is 2.81. The minimum absolute atomic E-state index is 0.0329. The van der Waals surface area contributed by atoms with Gasteiger partial charge < -0.3 is 20.7 Å². The van der Waals surface area contributed by atoms with E-state index in [1.165, 1.54) is 0 Å². The highest BCUT2D eigenvalue weighted by molar-refractivity contribution is 5.75. The Labute approximate surface area is 146 Å². The Morgan fingerprint density at radius 2 is 1.72 bits per heavy atom. The molecule has 1 aromatic carbocycles. The third-order valence-corrected chi connectivity index (χ3v) is 4.28. The SMILES string of the molecule is NCC1CCC(C(=O)Oc2ccc(CCC(=O)O)cc2)CC1.O=CO. The topological polar surface area (TPSA) is 127 Å². The molecule has 0 spiro atoms. The van der Waals surface area contributed by atoms with Gasteiger partial charge in [-0.2, -0.15) is 0 Å². The molecular weight excluding hydrogens is 326 g/mol. The first kappa shape index (κ1) is 20.6. The van der Waals surface area contributed by atoms with Crippen molar-refractivity contribution in [3.63, 3.8) is 0 Å². The summed E-state index contributed by atoms with van der Waals surface area (Å²) < 4.78 is 5.42. The molecule has 1 aromatic rings. The van der Waals surface area contributed by atoms with Crippen LogP contribution in [0.3, 0.4) is 0 Å². The summed E-state index contributed by atoms with van der Waals surface area (Å²) in [4.78, 5) is 31.0. The maximum Gasteiger partial charge on any atom is 0.314 e. The lowest BCUT2D eigenvalue weighted by Gasteiger charge is -2.26. The van der Waals surface area contributed by atoms with Crippen LogP contribution in [-0.4, -0.2) is 35.2 Å². The monoisotopic (exact) mass is 351 g/mol. The molecule has 1 saturated carbocycles. The zero-order valence-corrected chi connectivity index (χ0v) is 14.1. The lowest BCUT2D eigenvalue weighted by molar-refractivity contribution is -0.140. The Balaban J connectivity index is 0.000000970. The van der Waals surface area contributed by atoms with Crippen molar-refractivity contribution in [2.24, 2.45) is 17.6 Å². The predicted molar refractivity (Wildman–Crippen MR) is 91.2 cm³/mol. The molecule has 138 valence electrons. The molecule has 1 fully saturated rings. The van der Waals surface area contributed by atoms with Crippen molar-refractivity contribution in [2.75, 3.05) is 6.54 Å². The van der Waals surface area contributed by atoms with Gasteiger partial charge in [0.2, 0.25) is 0 Å². The zero-order chi connectivity index (χ0) is 18.7. The molecule has 1 aliphatic carbocycles. The number of hydrogen-bond acceptors (Lipinski definition) is 5. The second kappa shape index (κ2) is 11.2. The maximum absolute atomic E-state index is 12.1. The van der Waals surface area contributed by atoms with E-state index in [9.17, 15) is 9.59 Å². The van der Waals surface area contributed by atoms with E-state index in [0.717, 1.165) is 31.2 Å². The Hall–Kier alpha value is -2.41. The van der Waals surface area contributed by atoms with Crippen molar-refractivity contribution in [2.45, 2.75) is 38.5 Å². The normalized spacial score (nSPS) is 19.2. The largest absolute Gasteiger partial charge is 0.483 e. The molecular formula is C18H25NO6. The van der Waals surface area contributed by atoms with Gasteiger partial charge in [-0.05, 0) is 62.3 Å². The van der Waals surface area contributed by atoms with Crippen LogP contribution < -0.4 is 10.5 Å². The molecule has 1 aliphatic rings. The third kappa shape index (κ3) is 7.80. The number of nitrogens with two attached hydrogens (primary N) is 1. The highest BCUT2D eigenvalue weighted by Crippen LogP contribution is 2.29. The highest BCUT2D eigenvalue weighted by Gasteiger charge is 2.27. The fraction of sp³-hybridized carbons (Fsp3) is 0.500. The van der Waals surface area contributed by atoms with Gasteiger partial charge in [0.25, 0.3) is 6.47 Å². The molecule has 0 aromatic heterocycles. The molecule has 2 rings (SSSR count). The minimum atomic E-state index is -0.816. The van der Waals surface area contributed by atoms with Gasteiger partial charge in [0.05, 0.1) is 5.92 Å². The summed E-state index contributed by atoms with van der Waals surface area (Å²) in [6.07, 6.45) is 4.25. The van der Waals surface area contributed by atoms with Crippen molar-refractivity contribution in [1.82, 2.24) is 0 Å². The average Bonchev–Trinajstić information content (AvgIpc) is 2.62. The average molecular weight is 351 g/mol. The summed E-state index contributed by atoms with van der Waals surface area (Å²) in [7, 11) is 0. The summed E-state index contributed by atoms with van der Waals surface area (Å²) in [5, 5.41) is 15.5. The maximum atomic E-state index is 12.1. The Kier molecular flexibility index (Phi) is 9.24. The van der Waals surface area contributed by atoms with E-state index in [1.54, 1.807) is 24.3 Å².